The van der Waals surface area contributed by atoms with E-state index in [-0.39, 0.29) is 17.1 Å². The number of aliphatic hydroxyl groups excluding tert-OH is 1. The average Bonchev–Trinajstić information content (AvgIpc) is 1.86. The molecule has 0 saturated carbocycles. The van der Waals surface area contributed by atoms with Gasteiger partial charge in [-0.15, -0.1) is 0 Å². The van der Waals surface area contributed by atoms with Gasteiger partial charge in [0.1, 0.15) is 0 Å². The molecule has 0 atom stereocenters. The molecular weight excluding hydrogens is 130 g/mol. The predicted molar refractivity (Wildman–Crippen MR) is 39.0 cm³/mol. The highest BCUT2D eigenvalue weighted by Crippen LogP contribution is 2.02. The van der Waals surface area contributed by atoms with Crippen molar-refractivity contribution < 1.29 is 14.4 Å². The zero-order valence-corrected chi connectivity index (χ0v) is 6.72. The SMILES string of the molecule is C=C(C)C(=O)[N+](C)(C)CO. The molecular formula is C7H14NO2+. The Hall–Kier alpha value is -0.670. The molecule has 3 nitrogen and oxygen atoms in total. The maximum Gasteiger partial charge on any atom is 0.342 e. The van der Waals surface area contributed by atoms with Crippen LogP contribution in [0, 0.1) is 0 Å². The normalized spacial score (nSPS) is 11.2. The Morgan fingerprint density at radius 1 is 1.60 bits per heavy atom. The van der Waals surface area contributed by atoms with E-state index in [1.807, 2.05) is 0 Å². The summed E-state index contributed by atoms with van der Waals surface area (Å²) in [5.74, 6) is -0.137. The van der Waals surface area contributed by atoms with Crippen molar-refractivity contribution in [1.29, 1.82) is 0 Å². The molecule has 0 aliphatic heterocycles. The largest absolute Gasteiger partial charge is 0.347 e. The summed E-state index contributed by atoms with van der Waals surface area (Å²) in [5, 5.41) is 8.72. The van der Waals surface area contributed by atoms with E-state index in [1.54, 1.807) is 21.0 Å². The van der Waals surface area contributed by atoms with Gasteiger partial charge in [-0.25, -0.2) is 9.28 Å². The van der Waals surface area contributed by atoms with Crippen LogP contribution in [0.25, 0.3) is 0 Å². The number of aliphatic hydroxyl groups is 1. The second-order valence-electron chi connectivity index (χ2n) is 2.91. The fourth-order valence-electron chi connectivity index (χ4n) is 0.581. The van der Waals surface area contributed by atoms with Crippen LogP contribution in [0.15, 0.2) is 12.2 Å². The smallest absolute Gasteiger partial charge is 0.342 e. The van der Waals surface area contributed by atoms with Gasteiger partial charge in [-0.1, -0.05) is 6.58 Å². The third-order valence-corrected chi connectivity index (χ3v) is 1.27. The zero-order chi connectivity index (χ0) is 8.36. The van der Waals surface area contributed by atoms with Crippen LogP contribution in [0.3, 0.4) is 0 Å². The first kappa shape index (κ1) is 9.33. The van der Waals surface area contributed by atoms with Gasteiger partial charge in [0.15, 0.2) is 6.73 Å². The Morgan fingerprint density at radius 2 is 2.00 bits per heavy atom. The van der Waals surface area contributed by atoms with Crippen LogP contribution < -0.4 is 0 Å². The molecule has 0 heterocycles. The second kappa shape index (κ2) is 2.94. The molecule has 10 heavy (non-hydrogen) atoms. The highest BCUT2D eigenvalue weighted by Gasteiger charge is 2.25. The lowest BCUT2D eigenvalue weighted by Crippen LogP contribution is -2.46. The first-order chi connectivity index (χ1) is 4.41. The van der Waals surface area contributed by atoms with Crippen LogP contribution >= 0.6 is 0 Å². The van der Waals surface area contributed by atoms with E-state index in [0.717, 1.165) is 0 Å². The van der Waals surface area contributed by atoms with Crippen molar-refractivity contribution >= 4 is 5.91 Å². The topological polar surface area (TPSA) is 37.3 Å². The fourth-order valence-corrected chi connectivity index (χ4v) is 0.581. The van der Waals surface area contributed by atoms with Gasteiger partial charge >= 0.3 is 5.91 Å². The van der Waals surface area contributed by atoms with Crippen LogP contribution in [0.4, 0.5) is 0 Å². The van der Waals surface area contributed by atoms with Gasteiger partial charge in [0.25, 0.3) is 0 Å². The molecule has 0 bridgehead atoms. The maximum absolute atomic E-state index is 11.1. The van der Waals surface area contributed by atoms with Gasteiger partial charge in [-0.05, 0) is 6.92 Å². The van der Waals surface area contributed by atoms with E-state index in [9.17, 15) is 4.79 Å². The molecule has 0 saturated heterocycles. The summed E-state index contributed by atoms with van der Waals surface area (Å²) < 4.78 is -0.0463. The van der Waals surface area contributed by atoms with Crippen molar-refractivity contribution in [2.24, 2.45) is 0 Å². The minimum Gasteiger partial charge on any atom is -0.347 e. The van der Waals surface area contributed by atoms with Gasteiger partial charge < -0.3 is 5.11 Å². The van der Waals surface area contributed by atoms with Crippen LogP contribution in [0.1, 0.15) is 6.92 Å². The highest BCUT2D eigenvalue weighted by atomic mass is 16.3. The van der Waals surface area contributed by atoms with Crippen molar-refractivity contribution in [2.45, 2.75) is 6.92 Å². The van der Waals surface area contributed by atoms with E-state index in [4.69, 9.17) is 5.11 Å². The summed E-state index contributed by atoms with van der Waals surface area (Å²) in [6.07, 6.45) is 0. The van der Waals surface area contributed by atoms with Gasteiger partial charge in [0.2, 0.25) is 0 Å². The van der Waals surface area contributed by atoms with E-state index >= 15 is 0 Å². The molecule has 0 spiro atoms. The summed E-state index contributed by atoms with van der Waals surface area (Å²) in [6, 6.07) is 0. The Balaban J connectivity index is 4.33. The highest BCUT2D eigenvalue weighted by molar-refractivity contribution is 5.86. The number of nitrogens with zero attached hydrogens (tertiary/aromatic N) is 1. The van der Waals surface area contributed by atoms with Gasteiger partial charge in [-0.2, -0.15) is 0 Å². The molecule has 0 rings (SSSR count). The number of hydrogen-bond acceptors (Lipinski definition) is 2. The molecule has 58 valence electrons. The molecule has 0 aliphatic carbocycles. The number of likely N-dealkylation sites (N-methyl/N-ethyl adjacent to an activating group) is 1. The molecule has 1 amide bonds. The van der Waals surface area contributed by atoms with Crippen LogP contribution in [0.5, 0.6) is 0 Å². The average molecular weight is 144 g/mol. The van der Waals surface area contributed by atoms with E-state index in [0.29, 0.717) is 5.57 Å². The van der Waals surface area contributed by atoms with Gasteiger partial charge in [-0.3, -0.25) is 0 Å². The number of quaternary nitrogens is 1. The number of carbonyl (C=O) groups is 1. The van der Waals surface area contributed by atoms with Crippen molar-refractivity contribution in [3.05, 3.63) is 12.2 Å². The summed E-state index contributed by atoms with van der Waals surface area (Å²) in [7, 11) is 3.27. The minimum atomic E-state index is -0.189. The first-order valence-electron chi connectivity index (χ1n) is 3.06. The monoisotopic (exact) mass is 144 g/mol. The Labute approximate surface area is 61.2 Å². The standard InChI is InChI=1S/C7H14NO2/c1-6(2)7(10)8(3,4)5-9/h9H,1,5H2,2-4H3/q+1. The van der Waals surface area contributed by atoms with Crippen LogP contribution in [-0.2, 0) is 4.79 Å². The second-order valence-corrected chi connectivity index (χ2v) is 2.91. The Kier molecular flexibility index (Phi) is 2.75. The summed E-state index contributed by atoms with van der Waals surface area (Å²) in [4.78, 5) is 11.1. The minimum absolute atomic E-state index is 0.0463. The third kappa shape index (κ3) is 1.93. The zero-order valence-electron chi connectivity index (χ0n) is 6.72. The lowest BCUT2D eigenvalue weighted by atomic mass is 10.3. The Bertz CT molecular complexity index is 161. The van der Waals surface area contributed by atoms with Gasteiger partial charge in [0.05, 0.1) is 14.1 Å². The number of rotatable bonds is 2. The van der Waals surface area contributed by atoms with Crippen molar-refractivity contribution in [2.75, 3.05) is 20.8 Å². The van der Waals surface area contributed by atoms with Gasteiger partial charge in [0, 0.05) is 5.57 Å². The summed E-state index contributed by atoms with van der Waals surface area (Å²) in [6.45, 7) is 4.94. The molecule has 0 fully saturated rings. The molecule has 0 aromatic carbocycles. The number of amides is 1. The summed E-state index contributed by atoms with van der Waals surface area (Å²) >= 11 is 0. The molecule has 0 aliphatic rings. The number of hydrogen-bond donors (Lipinski definition) is 1. The lowest BCUT2D eigenvalue weighted by molar-refractivity contribution is -0.832. The molecule has 1 N–H and O–H groups in total. The van der Waals surface area contributed by atoms with Crippen LogP contribution in [0.2, 0.25) is 0 Å². The summed E-state index contributed by atoms with van der Waals surface area (Å²) in [5.41, 5.74) is 0.471. The lowest BCUT2D eigenvalue weighted by Gasteiger charge is -2.23. The van der Waals surface area contributed by atoms with E-state index in [2.05, 4.69) is 6.58 Å². The van der Waals surface area contributed by atoms with E-state index < -0.39 is 0 Å². The quantitative estimate of drug-likeness (QED) is 0.339. The molecule has 0 aromatic heterocycles. The van der Waals surface area contributed by atoms with Crippen molar-refractivity contribution in [1.82, 2.24) is 0 Å². The predicted octanol–water partition coefficient (Wildman–Crippen LogP) is 0.115. The van der Waals surface area contributed by atoms with E-state index in [1.165, 1.54) is 0 Å². The molecule has 3 heteroatoms. The molecule has 0 radical (unpaired) electrons. The molecule has 0 aromatic rings. The fraction of sp³-hybridized carbons (Fsp3) is 0.571. The van der Waals surface area contributed by atoms with Crippen LogP contribution in [-0.4, -0.2) is 36.3 Å². The number of carbonyl (C=O) groups excluding carboxylic acids is 1. The van der Waals surface area contributed by atoms with Crippen molar-refractivity contribution in [3.8, 4) is 0 Å². The first-order valence-corrected chi connectivity index (χ1v) is 3.06. The molecule has 0 unspecified atom stereocenters. The Morgan fingerprint density at radius 3 is 2.10 bits per heavy atom. The third-order valence-electron chi connectivity index (χ3n) is 1.27. The maximum atomic E-state index is 11.1. The van der Waals surface area contributed by atoms with Crippen molar-refractivity contribution in [3.63, 3.8) is 0 Å².